The first-order valence-electron chi connectivity index (χ1n) is 7.63. The first kappa shape index (κ1) is 14.8. The number of ether oxygens (including phenoxy) is 1. The van der Waals surface area contributed by atoms with Crippen molar-refractivity contribution < 1.29 is 13.2 Å². The molecule has 0 aromatic heterocycles. The van der Waals surface area contributed by atoms with Crippen LogP contribution in [-0.2, 0) is 21.2 Å². The molecule has 2 N–H and O–H groups in total. The summed E-state index contributed by atoms with van der Waals surface area (Å²) >= 11 is 0. The molecule has 1 aromatic rings. The summed E-state index contributed by atoms with van der Waals surface area (Å²) < 4.78 is 32.8. The van der Waals surface area contributed by atoms with Gasteiger partial charge in [0.2, 0.25) is 10.0 Å². The molecule has 1 fully saturated rings. The van der Waals surface area contributed by atoms with Crippen molar-refractivity contribution in [3.05, 3.63) is 23.8 Å². The van der Waals surface area contributed by atoms with Gasteiger partial charge in [-0.2, -0.15) is 0 Å². The number of rotatable bonds is 5. The van der Waals surface area contributed by atoms with Gasteiger partial charge < -0.3 is 10.1 Å². The SMILES string of the molecule is O=S(=O)(NCCC1CCCO1)c1ccc2c(c1)NCCC2. The quantitative estimate of drug-likeness (QED) is 0.871. The fraction of sp³-hybridized carbons (Fsp3) is 0.600. The van der Waals surface area contributed by atoms with Gasteiger partial charge in [0.15, 0.2) is 0 Å². The van der Waals surface area contributed by atoms with E-state index in [9.17, 15) is 8.42 Å². The number of aryl methyl sites for hydroxylation is 1. The van der Waals surface area contributed by atoms with Gasteiger partial charge >= 0.3 is 0 Å². The first-order chi connectivity index (χ1) is 10.1. The highest BCUT2D eigenvalue weighted by Gasteiger charge is 2.19. The van der Waals surface area contributed by atoms with E-state index in [1.54, 1.807) is 12.1 Å². The zero-order valence-electron chi connectivity index (χ0n) is 12.1. The molecule has 1 unspecified atom stereocenters. The molecule has 0 spiro atoms. The standard InChI is InChI=1S/C15H22N2O3S/c18-21(19,17-9-7-13-4-2-10-20-13)14-6-5-12-3-1-8-16-15(12)11-14/h5-6,11,13,16-17H,1-4,7-10H2. The highest BCUT2D eigenvalue weighted by atomic mass is 32.2. The molecule has 0 aliphatic carbocycles. The van der Waals surface area contributed by atoms with E-state index in [4.69, 9.17) is 4.74 Å². The van der Waals surface area contributed by atoms with E-state index < -0.39 is 10.0 Å². The van der Waals surface area contributed by atoms with Crippen LogP contribution in [0.5, 0.6) is 0 Å². The summed E-state index contributed by atoms with van der Waals surface area (Å²) in [6, 6.07) is 5.35. The summed E-state index contributed by atoms with van der Waals surface area (Å²) in [7, 11) is -3.43. The van der Waals surface area contributed by atoms with Crippen LogP contribution < -0.4 is 10.0 Å². The van der Waals surface area contributed by atoms with E-state index in [1.165, 1.54) is 5.56 Å². The van der Waals surface area contributed by atoms with Crippen LogP contribution in [0.3, 0.4) is 0 Å². The monoisotopic (exact) mass is 310 g/mol. The van der Waals surface area contributed by atoms with Crippen molar-refractivity contribution in [1.82, 2.24) is 4.72 Å². The Bertz CT molecular complexity index is 595. The molecule has 116 valence electrons. The van der Waals surface area contributed by atoms with Crippen LogP contribution in [0.2, 0.25) is 0 Å². The van der Waals surface area contributed by atoms with Crippen molar-refractivity contribution in [3.8, 4) is 0 Å². The van der Waals surface area contributed by atoms with Crippen LogP contribution in [0.1, 0.15) is 31.2 Å². The molecule has 1 aromatic carbocycles. The van der Waals surface area contributed by atoms with Crippen molar-refractivity contribution in [3.63, 3.8) is 0 Å². The molecule has 2 aliphatic rings. The minimum atomic E-state index is -3.43. The Morgan fingerprint density at radius 1 is 1.33 bits per heavy atom. The van der Waals surface area contributed by atoms with Gasteiger partial charge in [0, 0.05) is 25.4 Å². The Hall–Kier alpha value is -1.11. The third kappa shape index (κ3) is 3.56. The van der Waals surface area contributed by atoms with E-state index in [0.29, 0.717) is 11.4 Å². The summed E-state index contributed by atoms with van der Waals surface area (Å²) in [6.45, 7) is 2.13. The topological polar surface area (TPSA) is 67.4 Å². The van der Waals surface area contributed by atoms with Gasteiger partial charge in [-0.05, 0) is 49.8 Å². The largest absolute Gasteiger partial charge is 0.385 e. The minimum Gasteiger partial charge on any atom is -0.385 e. The normalized spacial score (nSPS) is 21.8. The predicted octanol–water partition coefficient (Wildman–Crippen LogP) is 1.89. The van der Waals surface area contributed by atoms with Crippen LogP contribution >= 0.6 is 0 Å². The van der Waals surface area contributed by atoms with Crippen LogP contribution in [-0.4, -0.2) is 34.2 Å². The fourth-order valence-electron chi connectivity index (χ4n) is 2.92. The molecule has 0 amide bonds. The molecule has 3 rings (SSSR count). The molecule has 2 heterocycles. The Labute approximate surface area is 126 Å². The third-order valence-electron chi connectivity index (χ3n) is 4.11. The number of sulfonamides is 1. The van der Waals surface area contributed by atoms with Crippen molar-refractivity contribution in [2.24, 2.45) is 0 Å². The number of benzene rings is 1. The maximum absolute atomic E-state index is 12.3. The molecule has 21 heavy (non-hydrogen) atoms. The van der Waals surface area contributed by atoms with Crippen LogP contribution in [0, 0.1) is 0 Å². The zero-order chi connectivity index (χ0) is 14.7. The molecule has 2 aliphatic heterocycles. The lowest BCUT2D eigenvalue weighted by molar-refractivity contribution is 0.105. The van der Waals surface area contributed by atoms with E-state index in [0.717, 1.165) is 50.9 Å². The van der Waals surface area contributed by atoms with Crippen LogP contribution in [0.15, 0.2) is 23.1 Å². The van der Waals surface area contributed by atoms with Gasteiger partial charge in [-0.15, -0.1) is 0 Å². The zero-order valence-corrected chi connectivity index (χ0v) is 12.9. The number of fused-ring (bicyclic) bond motifs is 1. The minimum absolute atomic E-state index is 0.206. The summed E-state index contributed by atoms with van der Waals surface area (Å²) in [5.41, 5.74) is 2.14. The lowest BCUT2D eigenvalue weighted by Crippen LogP contribution is -2.27. The Morgan fingerprint density at radius 2 is 2.24 bits per heavy atom. The van der Waals surface area contributed by atoms with Gasteiger partial charge in [0.1, 0.15) is 0 Å². The number of hydrogen-bond acceptors (Lipinski definition) is 4. The summed E-state index contributed by atoms with van der Waals surface area (Å²) in [4.78, 5) is 0.336. The van der Waals surface area contributed by atoms with E-state index in [2.05, 4.69) is 10.0 Å². The second-order valence-corrected chi connectivity index (χ2v) is 7.44. The highest BCUT2D eigenvalue weighted by Crippen LogP contribution is 2.25. The second-order valence-electron chi connectivity index (χ2n) is 5.67. The lowest BCUT2D eigenvalue weighted by atomic mass is 10.0. The maximum Gasteiger partial charge on any atom is 0.240 e. The van der Waals surface area contributed by atoms with Crippen molar-refractivity contribution >= 4 is 15.7 Å². The molecular weight excluding hydrogens is 288 g/mol. The third-order valence-corrected chi connectivity index (χ3v) is 5.57. The molecule has 0 radical (unpaired) electrons. The van der Waals surface area contributed by atoms with Gasteiger partial charge in [0.25, 0.3) is 0 Å². The number of nitrogens with one attached hydrogen (secondary N) is 2. The Balaban J connectivity index is 1.63. The van der Waals surface area contributed by atoms with Crippen LogP contribution in [0.25, 0.3) is 0 Å². The van der Waals surface area contributed by atoms with Gasteiger partial charge in [-0.25, -0.2) is 13.1 Å². The number of anilines is 1. The fourth-order valence-corrected chi connectivity index (χ4v) is 3.99. The Morgan fingerprint density at radius 3 is 3.05 bits per heavy atom. The summed E-state index contributed by atoms with van der Waals surface area (Å²) in [5, 5.41) is 3.26. The van der Waals surface area contributed by atoms with E-state index in [-0.39, 0.29) is 6.10 Å². The summed E-state index contributed by atoms with van der Waals surface area (Å²) in [5.74, 6) is 0. The van der Waals surface area contributed by atoms with E-state index in [1.807, 2.05) is 6.07 Å². The van der Waals surface area contributed by atoms with Crippen molar-refractivity contribution in [2.75, 3.05) is 25.0 Å². The van der Waals surface area contributed by atoms with Gasteiger partial charge in [0.05, 0.1) is 11.0 Å². The van der Waals surface area contributed by atoms with Crippen molar-refractivity contribution in [2.45, 2.75) is 43.1 Å². The maximum atomic E-state index is 12.3. The average molecular weight is 310 g/mol. The Kier molecular flexibility index (Phi) is 4.47. The molecule has 6 heteroatoms. The smallest absolute Gasteiger partial charge is 0.240 e. The number of hydrogen-bond donors (Lipinski definition) is 2. The second kappa shape index (κ2) is 6.34. The van der Waals surface area contributed by atoms with Crippen molar-refractivity contribution in [1.29, 1.82) is 0 Å². The van der Waals surface area contributed by atoms with Crippen LogP contribution in [0.4, 0.5) is 5.69 Å². The molecule has 5 nitrogen and oxygen atoms in total. The highest BCUT2D eigenvalue weighted by molar-refractivity contribution is 7.89. The first-order valence-corrected chi connectivity index (χ1v) is 9.11. The predicted molar refractivity (Wildman–Crippen MR) is 82.0 cm³/mol. The molecule has 1 atom stereocenters. The molecule has 1 saturated heterocycles. The summed E-state index contributed by atoms with van der Waals surface area (Å²) in [6.07, 6.45) is 5.16. The average Bonchev–Trinajstić information content (AvgIpc) is 3.00. The molecule has 0 bridgehead atoms. The van der Waals surface area contributed by atoms with Gasteiger partial charge in [-0.3, -0.25) is 0 Å². The molecular formula is C15H22N2O3S. The lowest BCUT2D eigenvalue weighted by Gasteiger charge is -2.19. The van der Waals surface area contributed by atoms with Gasteiger partial charge in [-0.1, -0.05) is 6.07 Å². The van der Waals surface area contributed by atoms with E-state index >= 15 is 0 Å². The molecule has 0 saturated carbocycles.